The van der Waals surface area contributed by atoms with Crippen molar-refractivity contribution in [2.75, 3.05) is 0 Å². The molecule has 0 saturated carbocycles. The zero-order valence-electron chi connectivity index (χ0n) is 8.07. The minimum absolute atomic E-state index is 0.253. The van der Waals surface area contributed by atoms with E-state index in [4.69, 9.17) is 10.5 Å². The minimum atomic E-state index is 0.253. The summed E-state index contributed by atoms with van der Waals surface area (Å²) in [7, 11) is 0. The van der Waals surface area contributed by atoms with Gasteiger partial charge in [0.2, 0.25) is 0 Å². The summed E-state index contributed by atoms with van der Waals surface area (Å²) in [5.74, 6) is 0.554. The first kappa shape index (κ1) is 8.26. The number of hydrogen-bond donors (Lipinski definition) is 0. The zero-order chi connectivity index (χ0) is 10.4. The maximum absolute atomic E-state index is 9.02. The summed E-state index contributed by atoms with van der Waals surface area (Å²) in [4.78, 5) is 0. The molecule has 0 saturated heterocycles. The molecule has 0 aromatic heterocycles. The van der Waals surface area contributed by atoms with Gasteiger partial charge in [-0.05, 0) is 23.6 Å². The van der Waals surface area contributed by atoms with E-state index >= 15 is 0 Å². The summed E-state index contributed by atoms with van der Waals surface area (Å²) in [6, 6.07) is 10.3. The van der Waals surface area contributed by atoms with Gasteiger partial charge >= 0.3 is 0 Å². The van der Waals surface area contributed by atoms with Crippen LogP contribution in [0.25, 0.3) is 0 Å². The molecule has 2 bridgehead atoms. The number of allylic oxidation sites excluding steroid dienone is 2. The number of nitrogens with zero attached hydrogens (tertiary/aromatic N) is 2. The van der Waals surface area contributed by atoms with E-state index in [-0.39, 0.29) is 5.92 Å². The fourth-order valence-electron chi connectivity index (χ4n) is 2.79. The van der Waals surface area contributed by atoms with Gasteiger partial charge < -0.3 is 0 Å². The molecule has 15 heavy (non-hydrogen) atoms. The average Bonchev–Trinajstić information content (AvgIpc) is 2.86. The molecule has 2 nitrogen and oxygen atoms in total. The summed E-state index contributed by atoms with van der Waals surface area (Å²) in [6.07, 6.45) is 3.00. The fraction of sp³-hybridized carbons (Fsp3) is 0.231. The quantitative estimate of drug-likeness (QED) is 0.634. The molecule has 70 valence electrons. The molecule has 2 atom stereocenters. The fourth-order valence-corrected chi connectivity index (χ4v) is 2.79. The van der Waals surface area contributed by atoms with Crippen LogP contribution >= 0.6 is 0 Å². The molecular formula is C13H8N2. The van der Waals surface area contributed by atoms with Gasteiger partial charge in [-0.3, -0.25) is 0 Å². The third-order valence-electron chi connectivity index (χ3n) is 3.38. The van der Waals surface area contributed by atoms with E-state index in [1.807, 2.05) is 24.3 Å². The van der Waals surface area contributed by atoms with Crippen LogP contribution in [0.1, 0.15) is 34.9 Å². The Kier molecular flexibility index (Phi) is 1.50. The first-order chi connectivity index (χ1) is 7.35. The molecule has 2 aliphatic carbocycles. The third-order valence-corrected chi connectivity index (χ3v) is 3.38. The summed E-state index contributed by atoms with van der Waals surface area (Å²) >= 11 is 0. The Morgan fingerprint density at radius 2 is 2.07 bits per heavy atom. The van der Waals surface area contributed by atoms with E-state index in [1.165, 1.54) is 5.56 Å². The Labute approximate surface area is 88.1 Å². The van der Waals surface area contributed by atoms with Crippen LogP contribution in [0.3, 0.4) is 0 Å². The Balaban J connectivity index is 2.23. The Morgan fingerprint density at radius 1 is 1.20 bits per heavy atom. The lowest BCUT2D eigenvalue weighted by molar-refractivity contribution is 0.793. The van der Waals surface area contributed by atoms with Gasteiger partial charge in [0.05, 0.1) is 17.7 Å². The molecule has 0 N–H and O–H groups in total. The standard InChI is InChI=1S/C13H8N2/c14-6-8-2-1-3-11-12-5-9(13(8)11)4-10(12)7-15/h1-4,9,12H,5H2/t9-,12+/m1/s1. The van der Waals surface area contributed by atoms with Crippen LogP contribution in [0.4, 0.5) is 0 Å². The van der Waals surface area contributed by atoms with E-state index in [1.54, 1.807) is 0 Å². The summed E-state index contributed by atoms with van der Waals surface area (Å²) in [5.41, 5.74) is 4.00. The van der Waals surface area contributed by atoms with Crippen molar-refractivity contribution in [1.82, 2.24) is 0 Å². The van der Waals surface area contributed by atoms with Crippen molar-refractivity contribution in [2.45, 2.75) is 18.3 Å². The zero-order valence-corrected chi connectivity index (χ0v) is 8.07. The Morgan fingerprint density at radius 3 is 2.80 bits per heavy atom. The normalized spacial score (nSPS) is 25.3. The summed E-state index contributed by atoms with van der Waals surface area (Å²) in [5, 5.41) is 18.0. The van der Waals surface area contributed by atoms with Crippen molar-refractivity contribution in [3.63, 3.8) is 0 Å². The first-order valence-electron chi connectivity index (χ1n) is 5.00. The predicted octanol–water partition coefficient (Wildman–Crippen LogP) is 2.59. The highest BCUT2D eigenvalue weighted by molar-refractivity contribution is 5.59. The maximum Gasteiger partial charge on any atom is 0.0994 e. The number of benzene rings is 1. The first-order valence-corrected chi connectivity index (χ1v) is 5.00. The van der Waals surface area contributed by atoms with Gasteiger partial charge in [-0.2, -0.15) is 10.5 Å². The lowest BCUT2D eigenvalue weighted by Gasteiger charge is -2.13. The molecule has 2 aliphatic rings. The van der Waals surface area contributed by atoms with Gasteiger partial charge in [0.15, 0.2) is 0 Å². The molecule has 0 spiro atoms. The van der Waals surface area contributed by atoms with Crippen molar-refractivity contribution in [1.29, 1.82) is 10.5 Å². The second-order valence-electron chi connectivity index (χ2n) is 4.05. The molecule has 1 aromatic carbocycles. The number of nitriles is 2. The summed E-state index contributed by atoms with van der Waals surface area (Å²) in [6.45, 7) is 0. The van der Waals surface area contributed by atoms with Crippen LogP contribution in [-0.2, 0) is 0 Å². The van der Waals surface area contributed by atoms with E-state index in [0.717, 1.165) is 23.1 Å². The minimum Gasteiger partial charge on any atom is -0.193 e. The molecule has 0 amide bonds. The van der Waals surface area contributed by atoms with Gasteiger partial charge in [-0.15, -0.1) is 0 Å². The van der Waals surface area contributed by atoms with Crippen LogP contribution in [0.2, 0.25) is 0 Å². The van der Waals surface area contributed by atoms with Crippen molar-refractivity contribution in [2.24, 2.45) is 0 Å². The molecule has 0 heterocycles. The molecule has 3 rings (SSSR count). The molecule has 0 fully saturated rings. The SMILES string of the molecule is N#CC1=C[C@@H]2C[C@@H]1c1cccc(C#N)c12. The number of hydrogen-bond acceptors (Lipinski definition) is 2. The monoisotopic (exact) mass is 192 g/mol. The Hall–Kier alpha value is -2.06. The highest BCUT2D eigenvalue weighted by Crippen LogP contribution is 2.52. The van der Waals surface area contributed by atoms with Crippen molar-refractivity contribution < 1.29 is 0 Å². The van der Waals surface area contributed by atoms with Gasteiger partial charge in [-0.1, -0.05) is 18.2 Å². The van der Waals surface area contributed by atoms with E-state index in [2.05, 4.69) is 12.1 Å². The highest BCUT2D eigenvalue weighted by atomic mass is 14.4. The van der Waals surface area contributed by atoms with E-state index in [0.29, 0.717) is 5.92 Å². The predicted molar refractivity (Wildman–Crippen MR) is 55.0 cm³/mol. The van der Waals surface area contributed by atoms with Crippen molar-refractivity contribution in [3.05, 3.63) is 46.5 Å². The van der Waals surface area contributed by atoms with Gasteiger partial charge in [0.25, 0.3) is 0 Å². The van der Waals surface area contributed by atoms with Crippen LogP contribution in [0.15, 0.2) is 29.8 Å². The van der Waals surface area contributed by atoms with E-state index < -0.39 is 0 Å². The van der Waals surface area contributed by atoms with Crippen molar-refractivity contribution in [3.8, 4) is 12.1 Å². The van der Waals surface area contributed by atoms with Crippen LogP contribution < -0.4 is 0 Å². The lowest BCUT2D eigenvalue weighted by Crippen LogP contribution is -2.00. The largest absolute Gasteiger partial charge is 0.193 e. The lowest BCUT2D eigenvalue weighted by atomic mass is 9.89. The average molecular weight is 192 g/mol. The number of fused-ring (bicyclic) bond motifs is 5. The summed E-state index contributed by atoms with van der Waals surface area (Å²) < 4.78 is 0. The second kappa shape index (κ2) is 2.72. The van der Waals surface area contributed by atoms with Gasteiger partial charge in [0, 0.05) is 17.4 Å². The molecule has 0 aliphatic heterocycles. The molecule has 0 unspecified atom stereocenters. The molecule has 2 heteroatoms. The van der Waals surface area contributed by atoms with Gasteiger partial charge in [-0.25, -0.2) is 0 Å². The molecular weight excluding hydrogens is 184 g/mol. The highest BCUT2D eigenvalue weighted by Gasteiger charge is 2.39. The molecule has 0 radical (unpaired) electrons. The topological polar surface area (TPSA) is 47.6 Å². The van der Waals surface area contributed by atoms with Crippen LogP contribution in [0, 0.1) is 22.7 Å². The Bertz CT molecular complexity index is 555. The van der Waals surface area contributed by atoms with Crippen LogP contribution in [0.5, 0.6) is 0 Å². The van der Waals surface area contributed by atoms with E-state index in [9.17, 15) is 0 Å². The number of rotatable bonds is 0. The molecule has 1 aromatic rings. The maximum atomic E-state index is 9.02. The van der Waals surface area contributed by atoms with Crippen molar-refractivity contribution >= 4 is 0 Å². The second-order valence-corrected chi connectivity index (χ2v) is 4.05. The third kappa shape index (κ3) is 0.913. The van der Waals surface area contributed by atoms with Gasteiger partial charge in [0.1, 0.15) is 0 Å². The van der Waals surface area contributed by atoms with Crippen LogP contribution in [-0.4, -0.2) is 0 Å². The smallest absolute Gasteiger partial charge is 0.0994 e.